The van der Waals surface area contributed by atoms with Gasteiger partial charge in [0.1, 0.15) is 0 Å². The Morgan fingerprint density at radius 2 is 1.81 bits per heavy atom. The van der Waals surface area contributed by atoms with Gasteiger partial charge in [-0.1, -0.05) is 12.8 Å². The highest BCUT2D eigenvalue weighted by Gasteiger charge is 2.34. The topological polar surface area (TPSA) is 43.8 Å². The Morgan fingerprint density at radius 3 is 2.31 bits per heavy atom. The van der Waals surface area contributed by atoms with E-state index in [-0.39, 0.29) is 12.6 Å². The molecule has 1 saturated carbocycles. The number of hydrogen-bond donors (Lipinski definition) is 1. The number of aliphatic hydroxyl groups excluding tert-OH is 1. The van der Waals surface area contributed by atoms with Crippen LogP contribution in [-0.4, -0.2) is 53.2 Å². The lowest BCUT2D eigenvalue weighted by Crippen LogP contribution is -2.45. The Bertz CT molecular complexity index is 233. The Labute approximate surface area is 97.2 Å². The molecule has 0 bridgehead atoms. The minimum atomic E-state index is 0.0794. The lowest BCUT2D eigenvalue weighted by molar-refractivity contribution is 0.137. The average molecular weight is 226 g/mol. The maximum atomic E-state index is 12.3. The van der Waals surface area contributed by atoms with Crippen LogP contribution in [0.25, 0.3) is 0 Å². The number of nitrogens with zero attached hydrogens (tertiary/aromatic N) is 2. The van der Waals surface area contributed by atoms with Gasteiger partial charge in [-0.15, -0.1) is 0 Å². The smallest absolute Gasteiger partial charge is 0.320 e. The second-order valence-corrected chi connectivity index (χ2v) is 4.83. The van der Waals surface area contributed by atoms with Crippen LogP contribution in [0.5, 0.6) is 0 Å². The third-order valence-electron chi connectivity index (χ3n) is 3.45. The van der Waals surface area contributed by atoms with Crippen molar-refractivity contribution in [1.29, 1.82) is 0 Å². The predicted molar refractivity (Wildman–Crippen MR) is 62.3 cm³/mol. The first-order chi connectivity index (χ1) is 7.83. The molecule has 2 amide bonds. The van der Waals surface area contributed by atoms with Gasteiger partial charge in [-0.25, -0.2) is 4.79 Å². The van der Waals surface area contributed by atoms with Crippen molar-refractivity contribution in [2.24, 2.45) is 0 Å². The molecule has 0 aromatic carbocycles. The molecule has 0 unspecified atom stereocenters. The second-order valence-electron chi connectivity index (χ2n) is 4.83. The first kappa shape index (κ1) is 11.7. The molecule has 16 heavy (non-hydrogen) atoms. The fourth-order valence-corrected chi connectivity index (χ4v) is 2.37. The summed E-state index contributed by atoms with van der Waals surface area (Å²) in [5, 5.41) is 9.00. The number of amides is 2. The van der Waals surface area contributed by atoms with Crippen molar-refractivity contribution in [3.63, 3.8) is 0 Å². The van der Waals surface area contributed by atoms with Crippen molar-refractivity contribution in [1.82, 2.24) is 9.80 Å². The van der Waals surface area contributed by atoms with Crippen LogP contribution in [0.15, 0.2) is 0 Å². The summed E-state index contributed by atoms with van der Waals surface area (Å²) in [4.78, 5) is 16.1. The summed E-state index contributed by atoms with van der Waals surface area (Å²) < 4.78 is 0. The minimum Gasteiger partial charge on any atom is -0.395 e. The molecule has 2 rings (SSSR count). The highest BCUT2D eigenvalue weighted by Crippen LogP contribution is 2.28. The summed E-state index contributed by atoms with van der Waals surface area (Å²) in [7, 11) is 0. The van der Waals surface area contributed by atoms with Gasteiger partial charge in [0, 0.05) is 25.7 Å². The van der Waals surface area contributed by atoms with Crippen LogP contribution >= 0.6 is 0 Å². The van der Waals surface area contributed by atoms with Crippen LogP contribution in [0.4, 0.5) is 4.79 Å². The quantitative estimate of drug-likeness (QED) is 0.791. The van der Waals surface area contributed by atoms with Gasteiger partial charge in [-0.2, -0.15) is 0 Å². The Hall–Kier alpha value is -0.770. The summed E-state index contributed by atoms with van der Waals surface area (Å²) in [6.45, 7) is 2.37. The third kappa shape index (κ3) is 2.88. The van der Waals surface area contributed by atoms with Crippen molar-refractivity contribution >= 4 is 6.03 Å². The summed E-state index contributed by atoms with van der Waals surface area (Å²) in [6, 6.07) is 0.557. The molecule has 0 aromatic heterocycles. The summed E-state index contributed by atoms with van der Waals surface area (Å²) in [6.07, 6.45) is 6.96. The van der Waals surface area contributed by atoms with Crippen molar-refractivity contribution in [2.75, 3.05) is 26.2 Å². The van der Waals surface area contributed by atoms with E-state index in [1.54, 1.807) is 0 Å². The number of likely N-dealkylation sites (tertiary alicyclic amines) is 1. The van der Waals surface area contributed by atoms with Crippen molar-refractivity contribution in [3.05, 3.63) is 0 Å². The van der Waals surface area contributed by atoms with Gasteiger partial charge in [0.2, 0.25) is 0 Å². The fraction of sp³-hybridized carbons (Fsp3) is 0.917. The van der Waals surface area contributed by atoms with Crippen LogP contribution in [0.1, 0.15) is 38.5 Å². The fourth-order valence-electron chi connectivity index (χ4n) is 2.37. The molecule has 0 radical (unpaired) electrons. The van der Waals surface area contributed by atoms with E-state index in [1.807, 2.05) is 9.80 Å². The molecule has 2 fully saturated rings. The standard InChI is InChI=1S/C12H22N2O2/c15-10-9-14(11-5-6-11)12(16)13-7-3-1-2-4-8-13/h11,15H,1-10H2. The van der Waals surface area contributed by atoms with Crippen LogP contribution < -0.4 is 0 Å². The zero-order valence-electron chi connectivity index (χ0n) is 9.90. The van der Waals surface area contributed by atoms with Gasteiger partial charge >= 0.3 is 6.03 Å². The average Bonchev–Trinajstić information content (AvgIpc) is 3.10. The Kier molecular flexibility index (Phi) is 4.04. The molecular formula is C12H22N2O2. The molecule has 1 heterocycles. The molecule has 0 aromatic rings. The maximum absolute atomic E-state index is 12.3. The van der Waals surface area contributed by atoms with E-state index >= 15 is 0 Å². The van der Waals surface area contributed by atoms with Crippen LogP contribution in [0.3, 0.4) is 0 Å². The molecule has 1 aliphatic carbocycles. The van der Waals surface area contributed by atoms with E-state index in [0.717, 1.165) is 38.8 Å². The Morgan fingerprint density at radius 1 is 1.19 bits per heavy atom. The number of rotatable bonds is 3. The lowest BCUT2D eigenvalue weighted by Gasteiger charge is -2.29. The van der Waals surface area contributed by atoms with E-state index in [1.165, 1.54) is 12.8 Å². The molecule has 92 valence electrons. The molecule has 4 heteroatoms. The van der Waals surface area contributed by atoms with Gasteiger partial charge < -0.3 is 14.9 Å². The molecule has 1 N–H and O–H groups in total. The van der Waals surface area contributed by atoms with Crippen molar-refractivity contribution in [3.8, 4) is 0 Å². The second kappa shape index (κ2) is 5.53. The molecule has 4 nitrogen and oxygen atoms in total. The molecule has 2 aliphatic rings. The highest BCUT2D eigenvalue weighted by atomic mass is 16.3. The molecule has 0 spiro atoms. The zero-order chi connectivity index (χ0) is 11.4. The van der Waals surface area contributed by atoms with Crippen LogP contribution in [-0.2, 0) is 0 Å². The van der Waals surface area contributed by atoms with Crippen LogP contribution in [0.2, 0.25) is 0 Å². The van der Waals surface area contributed by atoms with E-state index in [0.29, 0.717) is 12.6 Å². The van der Waals surface area contributed by atoms with Crippen molar-refractivity contribution < 1.29 is 9.90 Å². The maximum Gasteiger partial charge on any atom is 0.320 e. The lowest BCUT2D eigenvalue weighted by atomic mass is 10.2. The summed E-state index contributed by atoms with van der Waals surface area (Å²) >= 11 is 0. The predicted octanol–water partition coefficient (Wildman–Crippen LogP) is 1.44. The highest BCUT2D eigenvalue weighted by molar-refractivity contribution is 5.75. The SMILES string of the molecule is O=C(N1CCCCCC1)N(CCO)C1CC1. The summed E-state index contributed by atoms with van der Waals surface area (Å²) in [5.41, 5.74) is 0. The molecule has 1 saturated heterocycles. The van der Waals surface area contributed by atoms with E-state index in [2.05, 4.69) is 0 Å². The monoisotopic (exact) mass is 226 g/mol. The van der Waals surface area contributed by atoms with Gasteiger partial charge in [0.15, 0.2) is 0 Å². The first-order valence-electron chi connectivity index (χ1n) is 6.49. The molecular weight excluding hydrogens is 204 g/mol. The Balaban J connectivity index is 1.91. The number of urea groups is 1. The summed E-state index contributed by atoms with van der Waals surface area (Å²) in [5.74, 6) is 0. The van der Waals surface area contributed by atoms with Gasteiger partial charge in [0.25, 0.3) is 0 Å². The number of aliphatic hydroxyl groups is 1. The van der Waals surface area contributed by atoms with Gasteiger partial charge in [-0.05, 0) is 25.7 Å². The van der Waals surface area contributed by atoms with Gasteiger partial charge in [0.05, 0.1) is 6.61 Å². The zero-order valence-corrected chi connectivity index (χ0v) is 9.90. The van der Waals surface area contributed by atoms with Crippen LogP contribution in [0, 0.1) is 0 Å². The number of carbonyl (C=O) groups is 1. The minimum absolute atomic E-state index is 0.0794. The first-order valence-corrected chi connectivity index (χ1v) is 6.49. The largest absolute Gasteiger partial charge is 0.395 e. The normalized spacial score (nSPS) is 21.7. The van der Waals surface area contributed by atoms with Gasteiger partial charge in [-0.3, -0.25) is 0 Å². The molecule has 0 atom stereocenters. The molecule has 1 aliphatic heterocycles. The van der Waals surface area contributed by atoms with Crippen molar-refractivity contribution in [2.45, 2.75) is 44.6 Å². The number of carbonyl (C=O) groups excluding carboxylic acids is 1. The van der Waals surface area contributed by atoms with E-state index in [9.17, 15) is 4.79 Å². The number of hydrogen-bond acceptors (Lipinski definition) is 2. The van der Waals surface area contributed by atoms with E-state index in [4.69, 9.17) is 5.11 Å². The third-order valence-corrected chi connectivity index (χ3v) is 3.45. The van der Waals surface area contributed by atoms with E-state index < -0.39 is 0 Å².